The molecular formula is C39H39N. The lowest BCUT2D eigenvalue weighted by Crippen LogP contribution is -2.46. The molecular weight excluding hydrogens is 482 g/mol. The molecule has 0 radical (unpaired) electrons. The molecule has 0 amide bonds. The van der Waals surface area contributed by atoms with Crippen LogP contribution >= 0.6 is 0 Å². The molecule has 5 aromatic carbocycles. The van der Waals surface area contributed by atoms with Gasteiger partial charge in [0.1, 0.15) is 0 Å². The first-order valence-electron chi connectivity index (χ1n) is 14.4. The number of hydrogen-bond acceptors (Lipinski definition) is 1. The Kier molecular flexibility index (Phi) is 6.22. The van der Waals surface area contributed by atoms with Gasteiger partial charge in [-0.1, -0.05) is 116 Å². The maximum atomic E-state index is 2.45. The molecule has 0 N–H and O–H groups in total. The number of aryl methyl sites for hydroxylation is 4. The summed E-state index contributed by atoms with van der Waals surface area (Å²) in [6, 6.07) is 40.9. The van der Waals surface area contributed by atoms with Crippen molar-refractivity contribution in [2.45, 2.75) is 59.3 Å². The SMILES string of the molecule is Cc1ccc(N(c2ccc(C)cc2)c2ccc(C3(C)c4cc(C)ccc4-c4ccc(C)cc4C3(C)C)cc2)cc1. The Labute approximate surface area is 240 Å². The molecule has 0 saturated heterocycles. The Morgan fingerprint density at radius 3 is 1.27 bits per heavy atom. The van der Waals surface area contributed by atoms with E-state index in [1.165, 1.54) is 50.1 Å². The summed E-state index contributed by atoms with van der Waals surface area (Å²) in [4.78, 5) is 2.35. The van der Waals surface area contributed by atoms with E-state index in [9.17, 15) is 0 Å². The van der Waals surface area contributed by atoms with E-state index in [1.54, 1.807) is 0 Å². The monoisotopic (exact) mass is 521 g/mol. The van der Waals surface area contributed by atoms with Crippen molar-refractivity contribution in [1.29, 1.82) is 0 Å². The molecule has 0 saturated carbocycles. The summed E-state index contributed by atoms with van der Waals surface area (Å²) in [6.45, 7) is 16.0. The van der Waals surface area contributed by atoms with Crippen LogP contribution in [0.2, 0.25) is 0 Å². The van der Waals surface area contributed by atoms with Crippen molar-refractivity contribution >= 4 is 17.1 Å². The van der Waals surface area contributed by atoms with Gasteiger partial charge in [0.15, 0.2) is 0 Å². The van der Waals surface area contributed by atoms with Crippen molar-refractivity contribution in [1.82, 2.24) is 0 Å². The van der Waals surface area contributed by atoms with Gasteiger partial charge in [-0.2, -0.15) is 0 Å². The minimum atomic E-state index is -0.202. The van der Waals surface area contributed by atoms with E-state index in [4.69, 9.17) is 0 Å². The molecule has 200 valence electrons. The summed E-state index contributed by atoms with van der Waals surface area (Å²) in [5.74, 6) is 0. The van der Waals surface area contributed by atoms with E-state index in [0.29, 0.717) is 0 Å². The number of rotatable bonds is 4. The van der Waals surface area contributed by atoms with Crippen molar-refractivity contribution in [2.24, 2.45) is 0 Å². The molecule has 1 aliphatic carbocycles. The average Bonchev–Trinajstić information content (AvgIpc) is 2.94. The lowest BCUT2D eigenvalue weighted by molar-refractivity contribution is 0.326. The highest BCUT2D eigenvalue weighted by molar-refractivity contribution is 5.81. The molecule has 1 nitrogen and oxygen atoms in total. The molecule has 0 aromatic heterocycles. The van der Waals surface area contributed by atoms with Crippen LogP contribution in [-0.2, 0) is 10.8 Å². The second-order valence-corrected chi connectivity index (χ2v) is 12.4. The Balaban J connectivity index is 1.51. The number of nitrogens with zero attached hydrogens (tertiary/aromatic N) is 1. The highest BCUT2D eigenvalue weighted by Gasteiger charge is 2.50. The van der Waals surface area contributed by atoms with E-state index in [-0.39, 0.29) is 10.8 Å². The minimum Gasteiger partial charge on any atom is -0.311 e. The van der Waals surface area contributed by atoms with Gasteiger partial charge in [0.2, 0.25) is 0 Å². The summed E-state index contributed by atoms with van der Waals surface area (Å²) in [5, 5.41) is 0. The number of fused-ring (bicyclic) bond motifs is 3. The van der Waals surface area contributed by atoms with Gasteiger partial charge in [0, 0.05) is 27.9 Å². The predicted octanol–water partition coefficient (Wildman–Crippen LogP) is 10.7. The van der Waals surface area contributed by atoms with Gasteiger partial charge < -0.3 is 4.90 Å². The van der Waals surface area contributed by atoms with Crippen molar-refractivity contribution in [3.8, 4) is 11.1 Å². The van der Waals surface area contributed by atoms with Crippen LogP contribution in [0.3, 0.4) is 0 Å². The van der Waals surface area contributed by atoms with Gasteiger partial charge in [-0.25, -0.2) is 0 Å². The first kappa shape index (κ1) is 26.1. The molecule has 1 atom stereocenters. The lowest BCUT2D eigenvalue weighted by Gasteiger charge is -2.51. The van der Waals surface area contributed by atoms with Crippen LogP contribution in [0, 0.1) is 27.7 Å². The van der Waals surface area contributed by atoms with Crippen molar-refractivity contribution < 1.29 is 0 Å². The molecule has 1 heteroatoms. The van der Waals surface area contributed by atoms with Gasteiger partial charge in [-0.15, -0.1) is 0 Å². The topological polar surface area (TPSA) is 3.24 Å². The normalized spacial score (nSPS) is 17.2. The molecule has 0 bridgehead atoms. The second kappa shape index (κ2) is 9.52. The van der Waals surface area contributed by atoms with Crippen LogP contribution in [0.5, 0.6) is 0 Å². The Hall–Kier alpha value is -4.10. The van der Waals surface area contributed by atoms with Gasteiger partial charge >= 0.3 is 0 Å². The summed E-state index contributed by atoms with van der Waals surface area (Å²) in [7, 11) is 0. The van der Waals surface area contributed by atoms with Crippen molar-refractivity contribution in [3.05, 3.63) is 148 Å². The molecule has 0 spiro atoms. The predicted molar refractivity (Wildman–Crippen MR) is 171 cm³/mol. The zero-order valence-electron chi connectivity index (χ0n) is 24.8. The summed E-state index contributed by atoms with van der Waals surface area (Å²) in [5.41, 5.74) is 15.2. The third-order valence-corrected chi connectivity index (χ3v) is 9.39. The average molecular weight is 522 g/mol. The smallest absolute Gasteiger partial charge is 0.0461 e. The van der Waals surface area contributed by atoms with E-state index >= 15 is 0 Å². The second-order valence-electron chi connectivity index (χ2n) is 12.4. The largest absolute Gasteiger partial charge is 0.311 e. The number of benzene rings is 5. The highest BCUT2D eigenvalue weighted by atomic mass is 15.1. The Morgan fingerprint density at radius 2 is 0.800 bits per heavy atom. The lowest BCUT2D eigenvalue weighted by atomic mass is 9.52. The fourth-order valence-electron chi connectivity index (χ4n) is 6.62. The van der Waals surface area contributed by atoms with E-state index in [1.807, 2.05) is 0 Å². The van der Waals surface area contributed by atoms with Crippen LogP contribution in [-0.4, -0.2) is 0 Å². The van der Waals surface area contributed by atoms with Crippen molar-refractivity contribution in [3.63, 3.8) is 0 Å². The molecule has 6 rings (SSSR count). The summed E-state index contributed by atoms with van der Waals surface area (Å²) >= 11 is 0. The van der Waals surface area contributed by atoms with E-state index in [2.05, 4.69) is 163 Å². The Morgan fingerprint density at radius 1 is 0.425 bits per heavy atom. The number of anilines is 3. The molecule has 1 unspecified atom stereocenters. The molecule has 0 aliphatic heterocycles. The minimum absolute atomic E-state index is 0.107. The standard InChI is InChI=1S/C39H39N/c1-26-8-16-31(17-9-26)40(32-18-10-27(2)11-19-32)33-20-14-30(15-21-33)39(7)37-25-29(4)13-23-35(37)34-22-12-28(3)24-36(34)38(39,5)6/h8-25H,1-7H3. The van der Waals surface area contributed by atoms with Crippen LogP contribution in [0.1, 0.15) is 59.7 Å². The zero-order chi connectivity index (χ0) is 28.2. The fraction of sp³-hybridized carbons (Fsp3) is 0.231. The maximum absolute atomic E-state index is 2.45. The fourth-order valence-corrected chi connectivity index (χ4v) is 6.62. The van der Waals surface area contributed by atoms with Crippen LogP contribution in [0.15, 0.2) is 109 Å². The maximum Gasteiger partial charge on any atom is 0.0461 e. The first-order chi connectivity index (χ1) is 19.1. The van der Waals surface area contributed by atoms with Gasteiger partial charge in [-0.05, 0) is 91.9 Å². The van der Waals surface area contributed by atoms with Gasteiger partial charge in [0.25, 0.3) is 0 Å². The zero-order valence-corrected chi connectivity index (χ0v) is 24.8. The van der Waals surface area contributed by atoms with Crippen molar-refractivity contribution in [2.75, 3.05) is 4.90 Å². The summed E-state index contributed by atoms with van der Waals surface area (Å²) in [6.07, 6.45) is 0. The van der Waals surface area contributed by atoms with Crippen LogP contribution in [0.4, 0.5) is 17.1 Å². The molecule has 1 aliphatic rings. The first-order valence-corrected chi connectivity index (χ1v) is 14.4. The quantitative estimate of drug-likeness (QED) is 0.227. The van der Waals surface area contributed by atoms with Gasteiger partial charge in [-0.3, -0.25) is 0 Å². The van der Waals surface area contributed by atoms with Crippen LogP contribution < -0.4 is 4.90 Å². The molecule has 0 fully saturated rings. The van der Waals surface area contributed by atoms with E-state index in [0.717, 1.165) is 17.1 Å². The highest BCUT2D eigenvalue weighted by Crippen LogP contribution is 2.57. The van der Waals surface area contributed by atoms with Crippen LogP contribution in [0.25, 0.3) is 11.1 Å². The van der Waals surface area contributed by atoms with E-state index < -0.39 is 0 Å². The molecule has 5 aromatic rings. The third-order valence-electron chi connectivity index (χ3n) is 9.39. The Bertz CT molecular complexity index is 1640. The number of hydrogen-bond donors (Lipinski definition) is 0. The molecule has 40 heavy (non-hydrogen) atoms. The molecule has 0 heterocycles. The third kappa shape index (κ3) is 4.07. The summed E-state index contributed by atoms with van der Waals surface area (Å²) < 4.78 is 0. The van der Waals surface area contributed by atoms with Gasteiger partial charge in [0.05, 0.1) is 0 Å².